The maximum atomic E-state index is 11.5. The lowest BCUT2D eigenvalue weighted by atomic mass is 10.0. The molecule has 1 heterocycles. The van der Waals surface area contributed by atoms with E-state index in [4.69, 9.17) is 15.3 Å². The third kappa shape index (κ3) is 2.89. The zero-order valence-electron chi connectivity index (χ0n) is 12.4. The molecule has 1 aliphatic rings. The van der Waals surface area contributed by atoms with Gasteiger partial charge < -0.3 is 15.3 Å². The molecule has 0 spiro atoms. The Morgan fingerprint density at radius 2 is 2.00 bits per heavy atom. The van der Waals surface area contributed by atoms with Gasteiger partial charge in [0.2, 0.25) is 5.91 Å². The van der Waals surface area contributed by atoms with Crippen LogP contribution in [-0.4, -0.2) is 18.1 Å². The number of rotatable bonds is 5. The maximum Gasteiger partial charge on any atom is 0.219 e. The lowest BCUT2D eigenvalue weighted by Gasteiger charge is -2.25. The molecular weight excluding hydrogens is 280 g/mol. The Morgan fingerprint density at radius 1 is 1.27 bits per heavy atom. The number of carbonyl (C=O) groups is 1. The van der Waals surface area contributed by atoms with Gasteiger partial charge in [-0.25, -0.2) is 0 Å². The van der Waals surface area contributed by atoms with E-state index in [1.54, 1.807) is 12.2 Å². The number of hydrogen-bond donors (Lipinski definition) is 1. The van der Waals surface area contributed by atoms with Gasteiger partial charge in [0, 0.05) is 12.0 Å². The number of para-hydroxylation sites is 1. The highest BCUT2D eigenvalue weighted by Crippen LogP contribution is 2.35. The van der Waals surface area contributed by atoms with E-state index in [0.717, 1.165) is 22.6 Å². The fraction of sp³-hybridized carbons (Fsp3) is 0.235. The van der Waals surface area contributed by atoms with E-state index in [2.05, 4.69) is 0 Å². The van der Waals surface area contributed by atoms with Gasteiger partial charge in [-0.15, -0.1) is 5.06 Å². The number of amides is 1. The average molecular weight is 298 g/mol. The van der Waals surface area contributed by atoms with Crippen LogP contribution in [0.4, 0.5) is 0 Å². The van der Waals surface area contributed by atoms with Gasteiger partial charge in [0.25, 0.3) is 0 Å². The third-order valence-electron chi connectivity index (χ3n) is 3.76. The molecule has 2 N–H and O–H groups in total. The standard InChI is InChI=1S/C17H18N2O3/c1-21-14-8-6-12(7-9-14)15(10-17(18)20)19-11-13-4-2-3-5-16(13)22-19/h2-9,15H,10-11H2,1H3,(H2,18,20). The molecule has 22 heavy (non-hydrogen) atoms. The van der Waals surface area contributed by atoms with Crippen LogP contribution in [0.2, 0.25) is 0 Å². The van der Waals surface area contributed by atoms with Crippen molar-refractivity contribution in [1.82, 2.24) is 5.06 Å². The molecule has 3 rings (SSSR count). The lowest BCUT2D eigenvalue weighted by molar-refractivity contribution is -0.126. The highest BCUT2D eigenvalue weighted by molar-refractivity contribution is 5.74. The summed E-state index contributed by atoms with van der Waals surface area (Å²) in [6.45, 7) is 0.625. The molecule has 2 aromatic rings. The molecule has 0 aromatic heterocycles. The van der Waals surface area contributed by atoms with Crippen molar-refractivity contribution >= 4 is 5.91 Å². The molecular formula is C17H18N2O3. The summed E-state index contributed by atoms with van der Waals surface area (Å²) in [5.74, 6) is 1.23. The number of hydrogen-bond acceptors (Lipinski definition) is 4. The second-order valence-electron chi connectivity index (χ2n) is 5.23. The number of hydroxylamine groups is 2. The van der Waals surface area contributed by atoms with Crippen molar-refractivity contribution in [2.24, 2.45) is 5.73 Å². The molecule has 114 valence electrons. The molecule has 2 aromatic carbocycles. The van der Waals surface area contributed by atoms with Gasteiger partial charge in [0.15, 0.2) is 5.75 Å². The minimum atomic E-state index is -0.361. The number of nitrogens with two attached hydrogens (primary N) is 1. The van der Waals surface area contributed by atoms with E-state index >= 15 is 0 Å². The first-order valence-corrected chi connectivity index (χ1v) is 7.12. The maximum absolute atomic E-state index is 11.5. The van der Waals surface area contributed by atoms with E-state index in [0.29, 0.717) is 6.54 Å². The van der Waals surface area contributed by atoms with Gasteiger partial charge in [0.1, 0.15) is 5.75 Å². The minimum Gasteiger partial charge on any atom is -0.497 e. The number of carbonyl (C=O) groups excluding carboxylic acids is 1. The predicted octanol–water partition coefficient (Wildman–Crippen LogP) is 2.42. The summed E-state index contributed by atoms with van der Waals surface area (Å²) in [7, 11) is 1.62. The van der Waals surface area contributed by atoms with Crippen molar-refractivity contribution in [2.45, 2.75) is 19.0 Å². The fourth-order valence-corrected chi connectivity index (χ4v) is 2.63. The van der Waals surface area contributed by atoms with Crippen LogP contribution in [0.3, 0.4) is 0 Å². The molecule has 1 atom stereocenters. The fourth-order valence-electron chi connectivity index (χ4n) is 2.63. The van der Waals surface area contributed by atoms with Crippen LogP contribution in [-0.2, 0) is 11.3 Å². The normalized spacial score (nSPS) is 15.0. The van der Waals surface area contributed by atoms with Gasteiger partial charge in [-0.1, -0.05) is 30.3 Å². The van der Waals surface area contributed by atoms with Crippen LogP contribution >= 0.6 is 0 Å². The summed E-state index contributed by atoms with van der Waals surface area (Å²) in [4.78, 5) is 17.3. The van der Waals surface area contributed by atoms with Crippen LogP contribution in [0.5, 0.6) is 11.5 Å². The molecule has 5 nitrogen and oxygen atoms in total. The van der Waals surface area contributed by atoms with Crippen LogP contribution in [0.25, 0.3) is 0 Å². The second-order valence-corrected chi connectivity index (χ2v) is 5.23. The van der Waals surface area contributed by atoms with E-state index < -0.39 is 0 Å². The summed E-state index contributed by atoms with van der Waals surface area (Å²) in [5.41, 5.74) is 7.48. The van der Waals surface area contributed by atoms with Crippen LogP contribution in [0.1, 0.15) is 23.6 Å². The van der Waals surface area contributed by atoms with Crippen molar-refractivity contribution in [1.29, 1.82) is 0 Å². The van der Waals surface area contributed by atoms with Crippen molar-refractivity contribution < 1.29 is 14.4 Å². The summed E-state index contributed by atoms with van der Waals surface area (Å²) < 4.78 is 5.17. The first-order chi connectivity index (χ1) is 10.7. The van der Waals surface area contributed by atoms with Crippen LogP contribution in [0, 0.1) is 0 Å². The molecule has 1 unspecified atom stereocenters. The molecule has 0 saturated carbocycles. The monoisotopic (exact) mass is 298 g/mol. The van der Waals surface area contributed by atoms with Crippen molar-refractivity contribution in [3.63, 3.8) is 0 Å². The van der Waals surface area contributed by atoms with E-state index in [1.807, 2.05) is 48.5 Å². The smallest absolute Gasteiger partial charge is 0.219 e. The average Bonchev–Trinajstić information content (AvgIpc) is 2.96. The zero-order chi connectivity index (χ0) is 15.5. The number of benzene rings is 2. The van der Waals surface area contributed by atoms with Crippen LogP contribution < -0.4 is 15.3 Å². The Kier molecular flexibility index (Phi) is 3.98. The Bertz CT molecular complexity index is 645. The van der Waals surface area contributed by atoms with E-state index in [9.17, 15) is 4.79 Å². The summed E-state index contributed by atoms with van der Waals surface area (Å²) >= 11 is 0. The summed E-state index contributed by atoms with van der Waals surface area (Å²) in [6, 6.07) is 15.2. The van der Waals surface area contributed by atoms with Gasteiger partial charge in [-0.3, -0.25) is 4.79 Å². The Hall–Kier alpha value is -2.53. The van der Waals surface area contributed by atoms with Crippen molar-refractivity contribution in [3.05, 3.63) is 59.7 Å². The van der Waals surface area contributed by atoms with Gasteiger partial charge >= 0.3 is 0 Å². The highest BCUT2D eigenvalue weighted by Gasteiger charge is 2.30. The Labute approximate surface area is 129 Å². The van der Waals surface area contributed by atoms with Gasteiger partial charge in [0.05, 0.1) is 19.7 Å². The lowest BCUT2D eigenvalue weighted by Crippen LogP contribution is -2.31. The predicted molar refractivity (Wildman–Crippen MR) is 82.2 cm³/mol. The third-order valence-corrected chi connectivity index (χ3v) is 3.76. The molecule has 5 heteroatoms. The quantitative estimate of drug-likeness (QED) is 0.920. The summed E-state index contributed by atoms with van der Waals surface area (Å²) in [5, 5.41) is 1.80. The second kappa shape index (κ2) is 6.07. The molecule has 0 saturated heterocycles. The summed E-state index contributed by atoms with van der Waals surface area (Å²) in [6.07, 6.45) is 0.195. The molecule has 1 amide bonds. The van der Waals surface area contributed by atoms with E-state index in [-0.39, 0.29) is 18.4 Å². The molecule has 0 aliphatic carbocycles. The van der Waals surface area contributed by atoms with Crippen LogP contribution in [0.15, 0.2) is 48.5 Å². The van der Waals surface area contributed by atoms with Crippen molar-refractivity contribution in [2.75, 3.05) is 7.11 Å². The van der Waals surface area contributed by atoms with Crippen molar-refractivity contribution in [3.8, 4) is 11.5 Å². The first kappa shape index (κ1) is 14.4. The SMILES string of the molecule is COc1ccc(C(CC(N)=O)N2Cc3ccccc3O2)cc1. The largest absolute Gasteiger partial charge is 0.497 e. The topological polar surface area (TPSA) is 64.8 Å². The molecule has 0 fully saturated rings. The number of methoxy groups -OCH3 is 1. The Balaban J connectivity index is 1.86. The first-order valence-electron chi connectivity index (χ1n) is 7.12. The van der Waals surface area contributed by atoms with Gasteiger partial charge in [-0.05, 0) is 23.8 Å². The zero-order valence-corrected chi connectivity index (χ0v) is 12.4. The van der Waals surface area contributed by atoms with E-state index in [1.165, 1.54) is 0 Å². The highest BCUT2D eigenvalue weighted by atomic mass is 16.7. The molecule has 1 aliphatic heterocycles. The van der Waals surface area contributed by atoms with Gasteiger partial charge in [-0.2, -0.15) is 0 Å². The minimum absolute atomic E-state index is 0.195. The molecule has 0 bridgehead atoms. The number of primary amides is 1. The Morgan fingerprint density at radius 3 is 2.64 bits per heavy atom. The molecule has 0 radical (unpaired) electrons. The number of nitrogens with zero attached hydrogens (tertiary/aromatic N) is 1. The number of ether oxygens (including phenoxy) is 1. The number of fused-ring (bicyclic) bond motifs is 1.